The van der Waals surface area contributed by atoms with Crippen LogP contribution in [0.25, 0.3) is 0 Å². The summed E-state index contributed by atoms with van der Waals surface area (Å²) in [5.74, 6) is 0.772. The molecule has 5 nitrogen and oxygen atoms in total. The number of hydrogen-bond donors (Lipinski definition) is 3. The summed E-state index contributed by atoms with van der Waals surface area (Å²) in [7, 11) is 3.39. The van der Waals surface area contributed by atoms with Crippen LogP contribution in [0.5, 0.6) is 0 Å². The van der Waals surface area contributed by atoms with Gasteiger partial charge in [0.2, 0.25) is 5.91 Å². The lowest BCUT2D eigenvalue weighted by Gasteiger charge is -2.25. The minimum Gasteiger partial charge on any atom is -0.359 e. The fourth-order valence-electron chi connectivity index (χ4n) is 1.85. The van der Waals surface area contributed by atoms with Gasteiger partial charge in [-0.1, -0.05) is 12.2 Å². The molecular weight excluding hydrogens is 355 g/mol. The van der Waals surface area contributed by atoms with Gasteiger partial charge in [-0.15, -0.1) is 24.0 Å². The average molecular weight is 380 g/mol. The van der Waals surface area contributed by atoms with Crippen LogP contribution in [-0.2, 0) is 4.79 Å². The molecule has 0 heterocycles. The molecule has 1 aliphatic carbocycles. The van der Waals surface area contributed by atoms with Crippen molar-refractivity contribution in [3.63, 3.8) is 0 Å². The van der Waals surface area contributed by atoms with Crippen LogP contribution in [0.3, 0.4) is 0 Å². The maximum Gasteiger partial charge on any atom is 0.227 e. The zero-order chi connectivity index (χ0) is 13.6. The van der Waals surface area contributed by atoms with Crippen molar-refractivity contribution in [2.75, 3.05) is 20.6 Å². The topological polar surface area (TPSA) is 65.5 Å². The lowest BCUT2D eigenvalue weighted by Crippen LogP contribution is -2.49. The van der Waals surface area contributed by atoms with Gasteiger partial charge >= 0.3 is 0 Å². The van der Waals surface area contributed by atoms with E-state index in [1.165, 1.54) is 0 Å². The Bertz CT molecular complexity index is 345. The van der Waals surface area contributed by atoms with Gasteiger partial charge < -0.3 is 16.0 Å². The number of guanidine groups is 1. The van der Waals surface area contributed by atoms with Crippen molar-refractivity contribution < 1.29 is 4.79 Å². The van der Waals surface area contributed by atoms with Crippen molar-refractivity contribution in [2.24, 2.45) is 10.4 Å². The maximum atomic E-state index is 11.7. The highest BCUT2D eigenvalue weighted by molar-refractivity contribution is 14.0. The van der Waals surface area contributed by atoms with Crippen LogP contribution in [0, 0.1) is 5.41 Å². The Hall–Kier alpha value is -0.790. The second kappa shape index (κ2) is 8.39. The SMILES string of the molecule is CN=C(NCC(C)(C)C(=O)NC)NC1CC=CC1.I. The number of rotatable bonds is 4. The van der Waals surface area contributed by atoms with Crippen molar-refractivity contribution in [1.82, 2.24) is 16.0 Å². The largest absolute Gasteiger partial charge is 0.359 e. The number of nitrogens with one attached hydrogen (secondary N) is 3. The van der Waals surface area contributed by atoms with Crippen LogP contribution in [-0.4, -0.2) is 38.5 Å². The molecule has 0 atom stereocenters. The van der Waals surface area contributed by atoms with Crippen molar-refractivity contribution in [1.29, 1.82) is 0 Å². The normalized spacial score (nSPS) is 15.9. The highest BCUT2D eigenvalue weighted by Gasteiger charge is 2.26. The molecule has 0 bridgehead atoms. The summed E-state index contributed by atoms with van der Waals surface area (Å²) in [6.45, 7) is 4.36. The lowest BCUT2D eigenvalue weighted by atomic mass is 9.92. The third-order valence-electron chi connectivity index (χ3n) is 3.11. The van der Waals surface area contributed by atoms with E-state index in [2.05, 4.69) is 33.1 Å². The predicted octanol–water partition coefficient (Wildman–Crippen LogP) is 1.26. The maximum absolute atomic E-state index is 11.7. The molecular formula is C13H25IN4O. The van der Waals surface area contributed by atoms with E-state index in [-0.39, 0.29) is 29.9 Å². The monoisotopic (exact) mass is 380 g/mol. The molecule has 0 aliphatic heterocycles. The van der Waals surface area contributed by atoms with Gasteiger partial charge in [-0.25, -0.2) is 0 Å². The molecule has 19 heavy (non-hydrogen) atoms. The van der Waals surface area contributed by atoms with Gasteiger partial charge in [0.05, 0.1) is 5.41 Å². The Balaban J connectivity index is 0.00000324. The highest BCUT2D eigenvalue weighted by Crippen LogP contribution is 2.13. The molecule has 1 amide bonds. The summed E-state index contributed by atoms with van der Waals surface area (Å²) in [4.78, 5) is 15.8. The Labute approximate surface area is 132 Å². The minimum absolute atomic E-state index is 0. The van der Waals surface area contributed by atoms with E-state index in [0.717, 1.165) is 18.8 Å². The van der Waals surface area contributed by atoms with E-state index >= 15 is 0 Å². The first-order chi connectivity index (χ1) is 8.49. The minimum atomic E-state index is -0.458. The van der Waals surface area contributed by atoms with Gasteiger partial charge in [-0.3, -0.25) is 9.79 Å². The summed E-state index contributed by atoms with van der Waals surface area (Å²) < 4.78 is 0. The van der Waals surface area contributed by atoms with Crippen molar-refractivity contribution in [2.45, 2.75) is 32.7 Å². The first-order valence-electron chi connectivity index (χ1n) is 6.34. The number of carbonyl (C=O) groups excluding carboxylic acids is 1. The zero-order valence-electron chi connectivity index (χ0n) is 12.1. The van der Waals surface area contributed by atoms with E-state index in [1.807, 2.05) is 13.8 Å². The summed E-state index contributed by atoms with van der Waals surface area (Å²) in [6.07, 6.45) is 6.39. The molecule has 0 spiro atoms. The summed E-state index contributed by atoms with van der Waals surface area (Å²) >= 11 is 0. The van der Waals surface area contributed by atoms with Gasteiger partial charge in [0, 0.05) is 26.7 Å². The summed E-state index contributed by atoms with van der Waals surface area (Å²) in [5, 5.41) is 9.21. The Morgan fingerprint density at radius 2 is 1.95 bits per heavy atom. The van der Waals surface area contributed by atoms with Gasteiger partial charge in [-0.05, 0) is 26.7 Å². The van der Waals surface area contributed by atoms with E-state index < -0.39 is 5.41 Å². The first kappa shape index (κ1) is 18.2. The molecule has 0 saturated heterocycles. The third-order valence-corrected chi connectivity index (χ3v) is 3.11. The Morgan fingerprint density at radius 1 is 1.37 bits per heavy atom. The predicted molar refractivity (Wildman–Crippen MR) is 89.9 cm³/mol. The molecule has 0 saturated carbocycles. The van der Waals surface area contributed by atoms with Crippen molar-refractivity contribution in [3.05, 3.63) is 12.2 Å². The van der Waals surface area contributed by atoms with Crippen LogP contribution in [0.15, 0.2) is 17.1 Å². The fourth-order valence-corrected chi connectivity index (χ4v) is 1.85. The number of aliphatic imine (C=N–C) groups is 1. The van der Waals surface area contributed by atoms with Crippen LogP contribution < -0.4 is 16.0 Å². The van der Waals surface area contributed by atoms with Gasteiger partial charge in [0.1, 0.15) is 0 Å². The molecule has 3 N–H and O–H groups in total. The van der Waals surface area contributed by atoms with Crippen molar-refractivity contribution >= 4 is 35.8 Å². The van der Waals surface area contributed by atoms with E-state index in [4.69, 9.17) is 0 Å². The lowest BCUT2D eigenvalue weighted by molar-refractivity contribution is -0.128. The van der Waals surface area contributed by atoms with Crippen LogP contribution in [0.4, 0.5) is 0 Å². The average Bonchev–Trinajstić information content (AvgIpc) is 2.86. The van der Waals surface area contributed by atoms with E-state index in [0.29, 0.717) is 12.6 Å². The van der Waals surface area contributed by atoms with Gasteiger partial charge in [0.25, 0.3) is 0 Å². The quantitative estimate of drug-likeness (QED) is 0.298. The van der Waals surface area contributed by atoms with E-state index in [9.17, 15) is 4.79 Å². The van der Waals surface area contributed by atoms with Crippen LogP contribution in [0.2, 0.25) is 0 Å². The highest BCUT2D eigenvalue weighted by atomic mass is 127. The molecule has 0 aromatic heterocycles. The number of carbonyl (C=O) groups is 1. The second-order valence-electron chi connectivity index (χ2n) is 5.17. The smallest absolute Gasteiger partial charge is 0.227 e. The van der Waals surface area contributed by atoms with Gasteiger partial charge in [0.15, 0.2) is 5.96 Å². The van der Waals surface area contributed by atoms with Crippen molar-refractivity contribution in [3.8, 4) is 0 Å². The molecule has 0 unspecified atom stereocenters. The van der Waals surface area contributed by atoms with Gasteiger partial charge in [-0.2, -0.15) is 0 Å². The first-order valence-corrected chi connectivity index (χ1v) is 6.34. The molecule has 0 aromatic rings. The number of nitrogens with zero attached hydrogens (tertiary/aromatic N) is 1. The molecule has 1 aliphatic rings. The molecule has 110 valence electrons. The van der Waals surface area contributed by atoms with Crippen LogP contribution in [0.1, 0.15) is 26.7 Å². The number of hydrogen-bond acceptors (Lipinski definition) is 2. The third kappa shape index (κ3) is 5.80. The van der Waals surface area contributed by atoms with Crippen LogP contribution >= 0.6 is 24.0 Å². The Morgan fingerprint density at radius 3 is 2.42 bits per heavy atom. The summed E-state index contributed by atoms with van der Waals surface area (Å²) in [5.41, 5.74) is -0.458. The van der Waals surface area contributed by atoms with E-state index in [1.54, 1.807) is 14.1 Å². The number of amides is 1. The molecule has 0 aromatic carbocycles. The summed E-state index contributed by atoms with van der Waals surface area (Å²) in [6, 6.07) is 0.416. The standard InChI is InChI=1S/C13H24N4O.HI/c1-13(2,11(18)14-3)9-16-12(15-4)17-10-7-5-6-8-10;/h5-6,10H,7-9H2,1-4H3,(H,14,18)(H2,15,16,17);1H. The Kier molecular flexibility index (Phi) is 8.05. The zero-order valence-corrected chi connectivity index (χ0v) is 14.4. The molecule has 1 rings (SSSR count). The molecule has 0 fully saturated rings. The molecule has 0 radical (unpaired) electrons. The number of halogens is 1. The molecule has 6 heteroatoms. The second-order valence-corrected chi connectivity index (χ2v) is 5.17. The fraction of sp³-hybridized carbons (Fsp3) is 0.692.